The van der Waals surface area contributed by atoms with E-state index in [0.717, 1.165) is 32.7 Å². The molecule has 1 aliphatic rings. The van der Waals surface area contributed by atoms with E-state index in [9.17, 15) is 0 Å². The normalized spacial score (nSPS) is 17.7. The molecule has 0 aliphatic carbocycles. The van der Waals surface area contributed by atoms with Gasteiger partial charge in [0.05, 0.1) is 0 Å². The van der Waals surface area contributed by atoms with Crippen LogP contribution in [0.3, 0.4) is 0 Å². The Morgan fingerprint density at radius 1 is 1.54 bits per heavy atom. The van der Waals surface area contributed by atoms with E-state index in [-0.39, 0.29) is 17.1 Å². The molecule has 0 aromatic heterocycles. The van der Waals surface area contributed by atoms with Crippen molar-refractivity contribution < 1.29 is 17.1 Å². The zero-order valence-electron chi connectivity index (χ0n) is 7.59. The number of thiol groups is 1. The summed E-state index contributed by atoms with van der Waals surface area (Å²) in [6.45, 7) is 7.11. The number of hydrogen-bond acceptors (Lipinski definition) is 3. The summed E-state index contributed by atoms with van der Waals surface area (Å²) in [5, 5.41) is 7.58. The van der Waals surface area contributed by atoms with Crippen LogP contribution in [0.4, 0.5) is 0 Å². The minimum Gasteiger partial charge on any atom is -0.314 e. The number of nitrogens with zero attached hydrogens (tertiary/aromatic N) is 2. The van der Waals surface area contributed by atoms with E-state index >= 15 is 0 Å². The van der Waals surface area contributed by atoms with Gasteiger partial charge in [-0.1, -0.05) is 12.2 Å². The average Bonchev–Trinajstić information content (AvgIpc) is 2.07. The molecule has 0 atom stereocenters. The maximum atomic E-state index is 5.02. The minimum absolute atomic E-state index is 0. The van der Waals surface area contributed by atoms with Crippen molar-refractivity contribution in [2.75, 3.05) is 32.7 Å². The van der Waals surface area contributed by atoms with E-state index in [4.69, 9.17) is 12.2 Å². The molecule has 0 aromatic carbocycles. The molecule has 0 unspecified atom stereocenters. The van der Waals surface area contributed by atoms with Gasteiger partial charge in [-0.2, -0.15) is 0 Å². The zero-order valence-corrected chi connectivity index (χ0v) is 10.2. The summed E-state index contributed by atoms with van der Waals surface area (Å²) in [5.41, 5.74) is 0. The molecule has 1 saturated heterocycles. The Kier molecular flexibility index (Phi) is 7.40. The van der Waals surface area contributed by atoms with Crippen molar-refractivity contribution in [3.63, 3.8) is 0 Å². The van der Waals surface area contributed by atoms with Gasteiger partial charge in [-0.15, -0.1) is 12.6 Å². The summed E-state index contributed by atoms with van der Waals surface area (Å²) in [4.78, 5) is 0. The molecule has 0 aromatic rings. The van der Waals surface area contributed by atoms with Crippen molar-refractivity contribution in [1.29, 1.82) is 0 Å². The van der Waals surface area contributed by atoms with Crippen molar-refractivity contribution in [3.8, 4) is 0 Å². The summed E-state index contributed by atoms with van der Waals surface area (Å²) < 4.78 is 0.666. The molecule has 0 saturated carbocycles. The summed E-state index contributed by atoms with van der Waals surface area (Å²) in [6.07, 6.45) is 0. The SMILES string of the molecule is CCN(C(=S)S)N1CCNCC1.[Cu+2]. The molecular formula is C7H15CuN3S2+2. The largest absolute Gasteiger partial charge is 2.00 e. The zero-order chi connectivity index (χ0) is 8.97. The van der Waals surface area contributed by atoms with Crippen LogP contribution in [0.5, 0.6) is 0 Å². The summed E-state index contributed by atoms with van der Waals surface area (Å²) >= 11 is 9.20. The van der Waals surface area contributed by atoms with Gasteiger partial charge in [-0.25, -0.2) is 5.01 Å². The second-order valence-corrected chi connectivity index (χ2v) is 3.81. The average molecular weight is 269 g/mol. The Balaban J connectivity index is 0.00000144. The van der Waals surface area contributed by atoms with Gasteiger partial charge in [-0.05, 0) is 6.92 Å². The van der Waals surface area contributed by atoms with Gasteiger partial charge >= 0.3 is 17.1 Å². The first-order valence-corrected chi connectivity index (χ1v) is 5.07. The summed E-state index contributed by atoms with van der Waals surface area (Å²) in [6, 6.07) is 0. The molecule has 1 fully saturated rings. The summed E-state index contributed by atoms with van der Waals surface area (Å²) in [5.74, 6) is 0. The van der Waals surface area contributed by atoms with Crippen molar-refractivity contribution >= 4 is 29.2 Å². The second-order valence-electron chi connectivity index (χ2n) is 2.70. The Morgan fingerprint density at radius 3 is 2.46 bits per heavy atom. The van der Waals surface area contributed by atoms with Gasteiger partial charge in [0.15, 0.2) is 0 Å². The molecule has 13 heavy (non-hydrogen) atoms. The Morgan fingerprint density at radius 2 is 2.08 bits per heavy atom. The molecule has 1 rings (SSSR count). The first kappa shape index (κ1) is 13.7. The predicted octanol–water partition coefficient (Wildman–Crippen LogP) is 0.341. The van der Waals surface area contributed by atoms with Crippen molar-refractivity contribution in [2.45, 2.75) is 6.92 Å². The first-order valence-electron chi connectivity index (χ1n) is 4.21. The monoisotopic (exact) mass is 268 g/mol. The molecule has 1 aliphatic heterocycles. The summed E-state index contributed by atoms with van der Waals surface area (Å²) in [7, 11) is 0. The second kappa shape index (κ2) is 7.04. The molecule has 79 valence electrons. The maximum absolute atomic E-state index is 5.02. The fourth-order valence-electron chi connectivity index (χ4n) is 1.35. The molecule has 0 amide bonds. The number of hydrogen-bond donors (Lipinski definition) is 2. The number of thiocarbonyl (C=S) groups is 1. The molecule has 0 spiro atoms. The van der Waals surface area contributed by atoms with Gasteiger partial charge in [0.25, 0.3) is 0 Å². The van der Waals surface area contributed by atoms with Gasteiger partial charge in [0.2, 0.25) is 0 Å². The Bertz CT molecular complexity index is 162. The predicted molar refractivity (Wildman–Crippen MR) is 58.4 cm³/mol. The molecular weight excluding hydrogens is 254 g/mol. The fraction of sp³-hybridized carbons (Fsp3) is 0.857. The van der Waals surface area contributed by atoms with E-state index in [1.165, 1.54) is 0 Å². The fourth-order valence-corrected chi connectivity index (χ4v) is 1.86. The molecule has 1 N–H and O–H groups in total. The maximum Gasteiger partial charge on any atom is 2.00 e. The number of rotatable bonds is 2. The Labute approximate surface area is 101 Å². The third-order valence-electron chi connectivity index (χ3n) is 1.96. The quantitative estimate of drug-likeness (QED) is 0.427. The van der Waals surface area contributed by atoms with Crippen molar-refractivity contribution in [3.05, 3.63) is 0 Å². The standard InChI is InChI=1S/C7H15N3S2.Cu/c1-2-10(7(11)12)9-5-3-8-4-6-9;/h8H,2-6H2,1H3,(H,11,12);/q;+2. The van der Waals surface area contributed by atoms with Crippen LogP contribution in [-0.2, 0) is 17.1 Å². The van der Waals surface area contributed by atoms with Gasteiger partial charge in [-0.3, -0.25) is 5.01 Å². The molecule has 6 heteroatoms. The molecule has 0 bridgehead atoms. The molecule has 1 heterocycles. The van der Waals surface area contributed by atoms with Gasteiger partial charge in [0, 0.05) is 32.7 Å². The molecule has 3 nitrogen and oxygen atoms in total. The number of piperazine rings is 1. The smallest absolute Gasteiger partial charge is 0.314 e. The minimum atomic E-state index is 0. The van der Waals surface area contributed by atoms with Crippen LogP contribution in [0.2, 0.25) is 0 Å². The number of nitrogens with one attached hydrogen (secondary N) is 1. The van der Waals surface area contributed by atoms with E-state index in [2.05, 4.69) is 29.9 Å². The van der Waals surface area contributed by atoms with Crippen LogP contribution in [0.25, 0.3) is 0 Å². The number of hydrazine groups is 1. The van der Waals surface area contributed by atoms with Crippen LogP contribution >= 0.6 is 24.8 Å². The molecule has 1 radical (unpaired) electrons. The van der Waals surface area contributed by atoms with E-state index in [1.54, 1.807) is 0 Å². The Hall–Kier alpha value is 0.679. The van der Waals surface area contributed by atoms with Crippen LogP contribution in [0.15, 0.2) is 0 Å². The van der Waals surface area contributed by atoms with Gasteiger partial charge in [0.1, 0.15) is 4.32 Å². The van der Waals surface area contributed by atoms with Crippen LogP contribution in [-0.4, -0.2) is 47.1 Å². The van der Waals surface area contributed by atoms with E-state index in [1.807, 2.05) is 5.01 Å². The van der Waals surface area contributed by atoms with Crippen LogP contribution < -0.4 is 5.32 Å². The van der Waals surface area contributed by atoms with E-state index < -0.39 is 0 Å². The van der Waals surface area contributed by atoms with E-state index in [0.29, 0.717) is 4.32 Å². The topological polar surface area (TPSA) is 18.5 Å². The van der Waals surface area contributed by atoms with Crippen molar-refractivity contribution in [2.24, 2.45) is 0 Å². The van der Waals surface area contributed by atoms with Crippen LogP contribution in [0, 0.1) is 0 Å². The third kappa shape index (κ3) is 4.14. The van der Waals surface area contributed by atoms with Crippen molar-refractivity contribution in [1.82, 2.24) is 15.3 Å². The van der Waals surface area contributed by atoms with Gasteiger partial charge < -0.3 is 5.32 Å². The van der Waals surface area contributed by atoms with Crippen LogP contribution in [0.1, 0.15) is 6.92 Å². The first-order chi connectivity index (χ1) is 5.75. The third-order valence-corrected chi connectivity index (χ3v) is 2.40.